The first-order valence-electron chi connectivity index (χ1n) is 24.5. The van der Waals surface area contributed by atoms with Crippen molar-refractivity contribution in [3.05, 3.63) is 48.0 Å². The standard InChI is InChI=1S/C51H79NO10S2/c1-11-36(47(55)56)39-20-19-29(4)44(59-39)33(8)42(53)32(7)43(54)37(12-2)45-30(5)27-31(6)51(61-45)26-21-38(52-48(63)64-28-35-17-15-14-16-18-35)46(62-51)40-22-24-49(10,60-40)41-23-25-50(57,13-3)34(9)58-41/h14-18,21,26,29-34,36-42,44-46,53,57H,11-13,19-20,22-25,27-28H2,1-10H3,(H,52,63)(H,55,56)/t29-,30-,31+,32-,33-,34-,36+,37-,38+,39+,40?,41+,42+,44+,45-,46?,49-,50+,51-/m0/s1. The first-order chi connectivity index (χ1) is 30.3. The summed E-state index contributed by atoms with van der Waals surface area (Å²) >= 11 is 7.52. The number of carbonyl (C=O) groups is 2. The van der Waals surface area contributed by atoms with Crippen molar-refractivity contribution in [1.29, 1.82) is 0 Å². The van der Waals surface area contributed by atoms with Crippen LogP contribution in [0.3, 0.4) is 0 Å². The molecule has 2 unspecified atom stereocenters. The summed E-state index contributed by atoms with van der Waals surface area (Å²) in [7, 11) is 0. The van der Waals surface area contributed by atoms with Crippen LogP contribution in [0.5, 0.6) is 0 Å². The molecular weight excluding hydrogens is 851 g/mol. The van der Waals surface area contributed by atoms with Gasteiger partial charge >= 0.3 is 5.97 Å². The summed E-state index contributed by atoms with van der Waals surface area (Å²) < 4.78 is 35.3. The SMILES string of the molecule is CC[C@@H](C(=O)[C@@H](C)[C@@H](O)[C@H](C)[C@@H]1O[C@@H]([C@@H](CC)C(=O)O)CC[C@@H]1C)[C@H]1O[C@]2(C=C[C@@H](NC(=S)SCc3ccccc3)C(C3CC[C@@](C)([C@H]4CC[C@](O)(CC)[C@H](C)O4)O3)O2)[C@H](C)C[C@@H]1C. The number of nitrogens with one attached hydrogen (secondary N) is 1. The molecular formula is C51H79NO10S2. The maximum atomic E-state index is 14.7. The second-order valence-electron chi connectivity index (χ2n) is 20.5. The predicted molar refractivity (Wildman–Crippen MR) is 255 cm³/mol. The maximum absolute atomic E-state index is 14.7. The fraction of sp³-hybridized carbons (Fsp3) is 0.784. The predicted octanol–water partition coefficient (Wildman–Crippen LogP) is 9.04. The smallest absolute Gasteiger partial charge is 0.309 e. The van der Waals surface area contributed by atoms with Crippen LogP contribution in [0.25, 0.3) is 0 Å². The van der Waals surface area contributed by atoms with E-state index in [1.54, 1.807) is 11.8 Å². The second kappa shape index (κ2) is 21.6. The van der Waals surface area contributed by atoms with Gasteiger partial charge in [-0.15, -0.1) is 0 Å². The summed E-state index contributed by atoms with van der Waals surface area (Å²) in [4.78, 5) is 26.8. The quantitative estimate of drug-likeness (QED) is 0.0923. The molecule has 0 amide bonds. The van der Waals surface area contributed by atoms with E-state index in [9.17, 15) is 24.9 Å². The van der Waals surface area contributed by atoms with Crippen LogP contribution in [0, 0.1) is 41.4 Å². The number of aliphatic carboxylic acids is 1. The second-order valence-corrected chi connectivity index (χ2v) is 22.1. The zero-order chi connectivity index (χ0) is 46.7. The molecule has 4 saturated heterocycles. The molecule has 0 aromatic heterocycles. The van der Waals surface area contributed by atoms with Crippen LogP contribution in [0.2, 0.25) is 0 Å². The third kappa shape index (κ3) is 11.0. The van der Waals surface area contributed by atoms with Gasteiger partial charge in [0.2, 0.25) is 0 Å². The lowest BCUT2D eigenvalue weighted by Crippen LogP contribution is -2.62. The number of thioether (sulfide) groups is 1. The number of thiocarbonyl (C=S) groups is 1. The van der Waals surface area contributed by atoms with Gasteiger partial charge in [0.15, 0.2) is 5.79 Å². The van der Waals surface area contributed by atoms with Crippen molar-refractivity contribution in [1.82, 2.24) is 5.32 Å². The lowest BCUT2D eigenvalue weighted by atomic mass is 9.72. The molecule has 5 aliphatic rings. The lowest BCUT2D eigenvalue weighted by Gasteiger charge is -2.53. The Morgan fingerprint density at radius 1 is 0.906 bits per heavy atom. The zero-order valence-corrected chi connectivity index (χ0v) is 41.7. The van der Waals surface area contributed by atoms with Crippen LogP contribution in [-0.4, -0.2) is 103 Å². The van der Waals surface area contributed by atoms with Crippen molar-refractivity contribution in [2.24, 2.45) is 41.4 Å². The van der Waals surface area contributed by atoms with Gasteiger partial charge in [-0.2, -0.15) is 0 Å². The van der Waals surface area contributed by atoms with E-state index in [4.69, 9.17) is 35.9 Å². The minimum Gasteiger partial charge on any atom is -0.481 e. The number of ketones is 1. The highest BCUT2D eigenvalue weighted by atomic mass is 32.2. The Hall–Kier alpha value is -1.94. The average molecular weight is 930 g/mol. The van der Waals surface area contributed by atoms with Crippen LogP contribution in [-0.2, 0) is 39.0 Å². The number of aliphatic hydroxyl groups excluding tert-OH is 1. The third-order valence-corrected chi connectivity index (χ3v) is 17.5. The van der Waals surface area contributed by atoms with Gasteiger partial charge in [-0.3, -0.25) is 9.59 Å². The Kier molecular flexibility index (Phi) is 17.3. The molecule has 19 atom stereocenters. The molecule has 0 bridgehead atoms. The minimum absolute atomic E-state index is 0.0345. The van der Waals surface area contributed by atoms with Gasteiger partial charge in [-0.05, 0) is 102 Å². The van der Waals surface area contributed by atoms with E-state index < -0.39 is 65.1 Å². The molecule has 0 saturated carbocycles. The van der Waals surface area contributed by atoms with E-state index in [-0.39, 0.29) is 59.9 Å². The van der Waals surface area contributed by atoms with Crippen molar-refractivity contribution in [2.75, 3.05) is 0 Å². The Labute approximate surface area is 392 Å². The fourth-order valence-corrected chi connectivity index (χ4v) is 12.7. The number of ether oxygens (including phenoxy) is 5. The number of carbonyl (C=O) groups excluding carboxylic acids is 1. The number of carboxylic acids is 1. The van der Waals surface area contributed by atoms with Crippen molar-refractivity contribution < 1.29 is 48.6 Å². The first-order valence-corrected chi connectivity index (χ1v) is 25.9. The topological polar surface area (TPSA) is 153 Å². The van der Waals surface area contributed by atoms with E-state index in [1.807, 2.05) is 65.8 Å². The molecule has 4 fully saturated rings. The van der Waals surface area contributed by atoms with Gasteiger partial charge in [0.05, 0.1) is 65.9 Å². The number of benzene rings is 1. The maximum Gasteiger partial charge on any atom is 0.309 e. The van der Waals surface area contributed by atoms with Crippen LogP contribution in [0.15, 0.2) is 42.5 Å². The fourth-order valence-electron chi connectivity index (χ4n) is 11.7. The molecule has 1 aromatic rings. The number of hydrogen-bond donors (Lipinski definition) is 4. The highest BCUT2D eigenvalue weighted by Gasteiger charge is 2.57. The first kappa shape index (κ1) is 51.5. The van der Waals surface area contributed by atoms with Gasteiger partial charge in [0.1, 0.15) is 16.2 Å². The van der Waals surface area contributed by atoms with Gasteiger partial charge in [-0.25, -0.2) is 0 Å². The molecule has 13 heteroatoms. The molecule has 11 nitrogen and oxygen atoms in total. The number of aliphatic hydroxyl groups is 2. The number of hydrogen-bond acceptors (Lipinski definition) is 11. The van der Waals surface area contributed by atoms with Crippen molar-refractivity contribution in [2.45, 2.75) is 211 Å². The zero-order valence-electron chi connectivity index (χ0n) is 40.1. The van der Waals surface area contributed by atoms with Crippen molar-refractivity contribution >= 4 is 40.1 Å². The van der Waals surface area contributed by atoms with Gasteiger partial charge in [0.25, 0.3) is 0 Å². The molecule has 0 radical (unpaired) electrons. The van der Waals surface area contributed by atoms with Crippen LogP contribution in [0.4, 0.5) is 0 Å². The summed E-state index contributed by atoms with van der Waals surface area (Å²) in [5.41, 5.74) is -0.252. The van der Waals surface area contributed by atoms with Crippen LogP contribution >= 0.6 is 24.0 Å². The minimum atomic E-state index is -1.14. The summed E-state index contributed by atoms with van der Waals surface area (Å²) in [6.07, 6.45) is 7.27. The van der Waals surface area contributed by atoms with E-state index in [0.717, 1.165) is 31.4 Å². The molecule has 1 spiro atoms. The molecule has 1 aromatic carbocycles. The van der Waals surface area contributed by atoms with Crippen LogP contribution < -0.4 is 5.32 Å². The van der Waals surface area contributed by atoms with Crippen molar-refractivity contribution in [3.8, 4) is 0 Å². The molecule has 0 aliphatic carbocycles. The van der Waals surface area contributed by atoms with Crippen molar-refractivity contribution in [3.63, 3.8) is 0 Å². The summed E-state index contributed by atoms with van der Waals surface area (Å²) in [6, 6.07) is 9.94. The molecule has 5 aliphatic heterocycles. The highest BCUT2D eigenvalue weighted by molar-refractivity contribution is 8.22. The molecule has 6 rings (SSSR count). The third-order valence-electron chi connectivity index (χ3n) is 16.2. The Balaban J connectivity index is 1.21. The summed E-state index contributed by atoms with van der Waals surface area (Å²) in [6.45, 7) is 20.1. The molecule has 5 heterocycles. The molecule has 64 heavy (non-hydrogen) atoms. The number of carboxylic acid groups (broad SMARTS) is 1. The van der Waals surface area contributed by atoms with Gasteiger partial charge in [0, 0.05) is 29.4 Å². The normalized spacial score (nSPS) is 40.3. The van der Waals surface area contributed by atoms with E-state index >= 15 is 0 Å². The van der Waals surface area contributed by atoms with E-state index in [0.29, 0.717) is 42.8 Å². The number of Topliss-reactive ketones (excluding diaryl/α,β-unsaturated/α-hetero) is 1. The Morgan fingerprint density at radius 3 is 2.25 bits per heavy atom. The lowest BCUT2D eigenvalue weighted by molar-refractivity contribution is -0.327. The van der Waals surface area contributed by atoms with Gasteiger partial charge in [-0.1, -0.05) is 116 Å². The molecule has 4 N–H and O–H groups in total. The van der Waals surface area contributed by atoms with Crippen LogP contribution in [0.1, 0.15) is 139 Å². The largest absolute Gasteiger partial charge is 0.481 e. The van der Waals surface area contributed by atoms with E-state index in [2.05, 4.69) is 51.2 Å². The Morgan fingerprint density at radius 2 is 1.61 bits per heavy atom. The van der Waals surface area contributed by atoms with Gasteiger partial charge < -0.3 is 44.3 Å². The monoisotopic (exact) mass is 930 g/mol. The number of rotatable bonds is 16. The van der Waals surface area contributed by atoms with E-state index in [1.165, 1.54) is 5.56 Å². The molecule has 360 valence electrons. The average Bonchev–Trinajstić information content (AvgIpc) is 3.69. The summed E-state index contributed by atoms with van der Waals surface area (Å²) in [5, 5.41) is 36.6. The Bertz CT molecular complexity index is 1770. The summed E-state index contributed by atoms with van der Waals surface area (Å²) in [5.74, 6) is -3.44. The highest BCUT2D eigenvalue weighted by Crippen LogP contribution is 2.49.